The van der Waals surface area contributed by atoms with Crippen molar-refractivity contribution in [3.05, 3.63) is 53.0 Å². The molecule has 30 heavy (non-hydrogen) atoms. The number of anilines is 1. The van der Waals surface area contributed by atoms with Crippen LogP contribution < -0.4 is 14.4 Å². The fourth-order valence-electron chi connectivity index (χ4n) is 3.47. The average molecular weight is 410 g/mol. The van der Waals surface area contributed by atoms with Crippen molar-refractivity contribution in [3.63, 3.8) is 0 Å². The van der Waals surface area contributed by atoms with Crippen LogP contribution in [-0.2, 0) is 0 Å². The molecule has 1 amide bonds. The molecule has 3 rings (SSSR count). The Hall–Kier alpha value is -3.27. The number of carbonyl (C=O) groups excluding carboxylic acids is 1. The molecule has 0 aliphatic carbocycles. The minimum Gasteiger partial charge on any atom is -0.489 e. The number of benzene rings is 2. The van der Waals surface area contributed by atoms with E-state index < -0.39 is 0 Å². The first-order chi connectivity index (χ1) is 14.4. The van der Waals surface area contributed by atoms with E-state index in [-0.39, 0.29) is 18.1 Å². The summed E-state index contributed by atoms with van der Waals surface area (Å²) in [5.74, 6) is 1.19. The van der Waals surface area contributed by atoms with Crippen molar-refractivity contribution in [1.82, 2.24) is 4.90 Å². The zero-order valence-electron chi connectivity index (χ0n) is 18.0. The van der Waals surface area contributed by atoms with Crippen molar-refractivity contribution < 1.29 is 14.3 Å². The quantitative estimate of drug-likeness (QED) is 0.646. The molecule has 1 fully saturated rings. The monoisotopic (exact) mass is 409 g/mol. The van der Waals surface area contributed by atoms with Gasteiger partial charge in [-0.3, -0.25) is 4.79 Å². The second kappa shape index (κ2) is 9.49. The lowest BCUT2D eigenvalue weighted by molar-refractivity contribution is 0.0746. The van der Waals surface area contributed by atoms with Gasteiger partial charge in [-0.25, -0.2) is 0 Å². The van der Waals surface area contributed by atoms with Gasteiger partial charge in [0.1, 0.15) is 0 Å². The third-order valence-electron chi connectivity index (χ3n) is 4.80. The molecule has 0 radical (unpaired) electrons. The molecule has 0 spiro atoms. The summed E-state index contributed by atoms with van der Waals surface area (Å²) in [6, 6.07) is 12.9. The Labute approximate surface area is 177 Å². The summed E-state index contributed by atoms with van der Waals surface area (Å²) in [6.07, 6.45) is -0.0938. The minimum atomic E-state index is -0.0597. The standard InChI is InChI=1S/C23H29N4O3/c1-16(2)29-21-15-20(22(30-17(3)4)14-19(21)25-24)26-10-12-27(13-11-26)23(28)18-8-6-5-7-9-18/h5-9,14-17H,10-13H2,1-4H3/q+1. The third kappa shape index (κ3) is 5.01. The van der Waals surface area contributed by atoms with Crippen molar-refractivity contribution >= 4 is 17.3 Å². The summed E-state index contributed by atoms with van der Waals surface area (Å²) < 4.78 is 11.8. The molecule has 2 aromatic carbocycles. The predicted octanol–water partition coefficient (Wildman–Crippen LogP) is 4.71. The van der Waals surface area contributed by atoms with E-state index in [1.165, 1.54) is 0 Å². The highest BCUT2D eigenvalue weighted by Crippen LogP contribution is 2.41. The summed E-state index contributed by atoms with van der Waals surface area (Å²) in [7, 11) is 0. The van der Waals surface area contributed by atoms with E-state index in [2.05, 4.69) is 9.88 Å². The van der Waals surface area contributed by atoms with Crippen molar-refractivity contribution in [2.24, 2.45) is 0 Å². The number of diazo groups is 1. The van der Waals surface area contributed by atoms with Gasteiger partial charge in [0.2, 0.25) is 11.1 Å². The first-order valence-corrected chi connectivity index (χ1v) is 10.3. The molecule has 0 aromatic heterocycles. The van der Waals surface area contributed by atoms with Crippen LogP contribution in [0.25, 0.3) is 4.98 Å². The summed E-state index contributed by atoms with van der Waals surface area (Å²) >= 11 is 0. The topological polar surface area (TPSA) is 70.2 Å². The van der Waals surface area contributed by atoms with Crippen molar-refractivity contribution in [2.75, 3.05) is 31.1 Å². The number of nitrogens with zero attached hydrogens (tertiary/aromatic N) is 4. The van der Waals surface area contributed by atoms with Gasteiger partial charge in [0, 0.05) is 37.8 Å². The number of rotatable bonds is 6. The molecule has 0 N–H and O–H groups in total. The Morgan fingerprint density at radius 2 is 1.53 bits per heavy atom. The van der Waals surface area contributed by atoms with Crippen molar-refractivity contribution in [2.45, 2.75) is 39.9 Å². The SMILES string of the molecule is CC(C)Oc1cc(N2CCN(C(=O)c3ccccc3)CC2)c(OC(C)C)cc1[N+]#N. The number of piperazine rings is 1. The van der Waals surface area contributed by atoms with Gasteiger partial charge in [-0.15, -0.1) is 0 Å². The second-order valence-electron chi connectivity index (χ2n) is 7.87. The van der Waals surface area contributed by atoms with E-state index in [4.69, 9.17) is 9.47 Å². The number of amides is 1. The maximum absolute atomic E-state index is 12.7. The predicted molar refractivity (Wildman–Crippen MR) is 117 cm³/mol. The Bertz CT molecular complexity index is 914. The largest absolute Gasteiger partial charge is 0.489 e. The molecule has 1 aliphatic heterocycles. The lowest BCUT2D eigenvalue weighted by Gasteiger charge is -2.37. The van der Waals surface area contributed by atoms with Crippen LogP contribution in [0.15, 0.2) is 42.5 Å². The lowest BCUT2D eigenvalue weighted by atomic mass is 10.1. The van der Waals surface area contributed by atoms with Crippen LogP contribution in [0.1, 0.15) is 38.1 Å². The van der Waals surface area contributed by atoms with Crippen molar-refractivity contribution in [3.8, 4) is 11.5 Å². The molecule has 7 nitrogen and oxygen atoms in total. The highest BCUT2D eigenvalue weighted by molar-refractivity contribution is 5.94. The van der Waals surface area contributed by atoms with Crippen LogP contribution >= 0.6 is 0 Å². The van der Waals surface area contributed by atoms with E-state index in [0.29, 0.717) is 48.9 Å². The molecule has 1 heterocycles. The van der Waals surface area contributed by atoms with Crippen LogP contribution in [0.5, 0.6) is 11.5 Å². The smallest absolute Gasteiger partial charge is 0.430 e. The number of hydrogen-bond donors (Lipinski definition) is 0. The molecule has 158 valence electrons. The Balaban J connectivity index is 1.82. The molecule has 1 saturated heterocycles. The molecular weight excluding hydrogens is 380 g/mol. The fourth-order valence-corrected chi connectivity index (χ4v) is 3.47. The summed E-state index contributed by atoms with van der Waals surface area (Å²) in [6.45, 7) is 10.3. The molecule has 1 aliphatic rings. The first-order valence-electron chi connectivity index (χ1n) is 10.3. The van der Waals surface area contributed by atoms with Crippen LogP contribution in [0.3, 0.4) is 0 Å². The van der Waals surface area contributed by atoms with E-state index in [1.807, 2.05) is 69.0 Å². The second-order valence-corrected chi connectivity index (χ2v) is 7.87. The van der Waals surface area contributed by atoms with Gasteiger partial charge in [-0.1, -0.05) is 18.2 Å². The zero-order valence-corrected chi connectivity index (χ0v) is 18.0. The van der Waals surface area contributed by atoms with Gasteiger partial charge < -0.3 is 19.3 Å². The van der Waals surface area contributed by atoms with E-state index in [9.17, 15) is 10.2 Å². The van der Waals surface area contributed by atoms with Crippen LogP contribution in [0.4, 0.5) is 11.4 Å². The van der Waals surface area contributed by atoms with Crippen LogP contribution in [0, 0.1) is 5.39 Å². The molecule has 2 aromatic rings. The molecule has 7 heteroatoms. The maximum Gasteiger partial charge on any atom is 0.430 e. The van der Waals surface area contributed by atoms with Crippen LogP contribution in [-0.4, -0.2) is 49.2 Å². The average Bonchev–Trinajstić information content (AvgIpc) is 2.74. The van der Waals surface area contributed by atoms with E-state index >= 15 is 0 Å². The van der Waals surface area contributed by atoms with Crippen molar-refractivity contribution in [1.29, 1.82) is 5.39 Å². The highest BCUT2D eigenvalue weighted by Gasteiger charge is 2.28. The highest BCUT2D eigenvalue weighted by atomic mass is 16.5. The van der Waals surface area contributed by atoms with Gasteiger partial charge in [-0.05, 0) is 39.8 Å². The molecular formula is C23H29N4O3+. The van der Waals surface area contributed by atoms with Crippen LogP contribution in [0.2, 0.25) is 0 Å². The summed E-state index contributed by atoms with van der Waals surface area (Å²) in [4.78, 5) is 20.2. The molecule has 0 bridgehead atoms. The zero-order chi connectivity index (χ0) is 21.7. The van der Waals surface area contributed by atoms with Gasteiger partial charge in [0.05, 0.1) is 24.0 Å². The van der Waals surface area contributed by atoms with E-state index in [0.717, 1.165) is 5.69 Å². The molecule has 0 atom stereocenters. The Morgan fingerprint density at radius 3 is 2.10 bits per heavy atom. The Morgan fingerprint density at radius 1 is 0.933 bits per heavy atom. The summed E-state index contributed by atoms with van der Waals surface area (Å²) in [5.41, 5.74) is 1.91. The first kappa shape index (κ1) is 21.4. The van der Waals surface area contributed by atoms with E-state index in [1.54, 1.807) is 6.07 Å². The van der Waals surface area contributed by atoms with Gasteiger partial charge in [0.15, 0.2) is 10.7 Å². The number of hydrogen-bond acceptors (Lipinski definition) is 5. The molecule has 0 unspecified atom stereocenters. The van der Waals surface area contributed by atoms with Gasteiger partial charge >= 0.3 is 5.69 Å². The Kier molecular flexibility index (Phi) is 6.78. The van der Waals surface area contributed by atoms with Gasteiger partial charge in [-0.2, -0.15) is 0 Å². The number of ether oxygens (including phenoxy) is 2. The van der Waals surface area contributed by atoms with Gasteiger partial charge in [0.25, 0.3) is 5.91 Å². The minimum absolute atomic E-state index is 0.0342. The summed E-state index contributed by atoms with van der Waals surface area (Å²) in [5, 5.41) is 9.43. The third-order valence-corrected chi connectivity index (χ3v) is 4.80. The normalized spacial score (nSPS) is 14.0. The number of carbonyl (C=O) groups is 1. The molecule has 0 saturated carbocycles. The lowest BCUT2D eigenvalue weighted by Crippen LogP contribution is -2.49. The maximum atomic E-state index is 12.7. The fraction of sp³-hybridized carbons (Fsp3) is 0.435.